The Morgan fingerprint density at radius 1 is 1.11 bits per heavy atom. The molecule has 1 N–H and O–H groups in total. The number of benzene rings is 1. The lowest BCUT2D eigenvalue weighted by Crippen LogP contribution is -2.28. The van der Waals surface area contributed by atoms with Crippen LogP contribution in [0, 0.1) is 5.82 Å². The van der Waals surface area contributed by atoms with E-state index < -0.39 is 11.7 Å². The smallest absolute Gasteiger partial charge is 0.254 e. The molecule has 4 rings (SSSR count). The average molecular weight is 382 g/mol. The SMILES string of the molecule is O=C(NCCn1ncc2c(N3CCCCCC3)ncnc21)c1ccccc1F. The molecule has 7 nitrogen and oxygen atoms in total. The number of carbonyl (C=O) groups excluding carboxylic acids is 1. The first-order chi connectivity index (χ1) is 13.7. The normalized spacial score (nSPS) is 14.8. The molecule has 0 aliphatic carbocycles. The van der Waals surface area contributed by atoms with E-state index in [1.165, 1.54) is 37.8 Å². The van der Waals surface area contributed by atoms with Gasteiger partial charge in [-0.1, -0.05) is 25.0 Å². The van der Waals surface area contributed by atoms with Crippen molar-refractivity contribution in [2.75, 3.05) is 24.5 Å². The van der Waals surface area contributed by atoms with Crippen LogP contribution >= 0.6 is 0 Å². The van der Waals surface area contributed by atoms with Crippen LogP contribution in [-0.4, -0.2) is 45.3 Å². The number of hydrogen-bond acceptors (Lipinski definition) is 5. The highest BCUT2D eigenvalue weighted by atomic mass is 19.1. The van der Waals surface area contributed by atoms with Crippen molar-refractivity contribution in [2.45, 2.75) is 32.2 Å². The molecule has 28 heavy (non-hydrogen) atoms. The van der Waals surface area contributed by atoms with E-state index in [0.717, 1.165) is 29.9 Å². The lowest BCUT2D eigenvalue weighted by molar-refractivity contribution is 0.0948. The van der Waals surface area contributed by atoms with Crippen LogP contribution in [0.4, 0.5) is 10.2 Å². The molecule has 0 spiro atoms. The second-order valence-electron chi connectivity index (χ2n) is 6.94. The van der Waals surface area contributed by atoms with Gasteiger partial charge in [0.1, 0.15) is 18.0 Å². The van der Waals surface area contributed by atoms with Crippen molar-refractivity contribution in [3.05, 3.63) is 48.2 Å². The van der Waals surface area contributed by atoms with Crippen LogP contribution in [0.2, 0.25) is 0 Å². The number of anilines is 1. The zero-order valence-electron chi connectivity index (χ0n) is 15.6. The minimum atomic E-state index is -0.528. The summed E-state index contributed by atoms with van der Waals surface area (Å²) in [5.41, 5.74) is 0.785. The summed E-state index contributed by atoms with van der Waals surface area (Å²) in [4.78, 5) is 23.3. The fourth-order valence-electron chi connectivity index (χ4n) is 3.59. The van der Waals surface area contributed by atoms with Gasteiger partial charge in [0.15, 0.2) is 5.65 Å². The molecule has 1 saturated heterocycles. The van der Waals surface area contributed by atoms with Crippen LogP contribution in [0.15, 0.2) is 36.8 Å². The molecule has 1 aromatic carbocycles. The molecule has 146 valence electrons. The average Bonchev–Trinajstić information content (AvgIpc) is 2.94. The van der Waals surface area contributed by atoms with Crippen molar-refractivity contribution in [1.82, 2.24) is 25.1 Å². The maximum Gasteiger partial charge on any atom is 0.254 e. The van der Waals surface area contributed by atoms with Gasteiger partial charge in [-0.05, 0) is 25.0 Å². The molecule has 1 aliphatic heterocycles. The van der Waals surface area contributed by atoms with Crippen molar-refractivity contribution in [2.24, 2.45) is 0 Å². The van der Waals surface area contributed by atoms with Crippen molar-refractivity contribution in [3.63, 3.8) is 0 Å². The Hall–Kier alpha value is -3.03. The Morgan fingerprint density at radius 2 is 1.89 bits per heavy atom. The number of fused-ring (bicyclic) bond motifs is 1. The van der Waals surface area contributed by atoms with E-state index in [4.69, 9.17) is 0 Å². The van der Waals surface area contributed by atoms with E-state index in [-0.39, 0.29) is 5.56 Å². The molecule has 0 radical (unpaired) electrons. The van der Waals surface area contributed by atoms with Crippen LogP contribution in [0.3, 0.4) is 0 Å². The van der Waals surface area contributed by atoms with Gasteiger partial charge < -0.3 is 10.2 Å². The third-order valence-corrected chi connectivity index (χ3v) is 5.05. The first-order valence-corrected chi connectivity index (χ1v) is 9.68. The standard InChI is InChI=1S/C20H23FN6O/c21-17-8-4-3-7-15(17)20(28)22-9-12-27-19-16(13-25-27)18(23-14-24-19)26-10-5-1-2-6-11-26/h3-4,7-8,13-14H,1-2,5-6,9-12H2,(H,22,28). The number of aromatic nitrogens is 4. The molecule has 0 atom stereocenters. The van der Waals surface area contributed by atoms with Gasteiger partial charge >= 0.3 is 0 Å². The Kier molecular flexibility index (Phi) is 5.45. The summed E-state index contributed by atoms with van der Waals surface area (Å²) in [5.74, 6) is -0.0395. The van der Waals surface area contributed by atoms with Gasteiger partial charge in [-0.3, -0.25) is 4.79 Å². The lowest BCUT2D eigenvalue weighted by Gasteiger charge is -2.21. The van der Waals surface area contributed by atoms with E-state index in [0.29, 0.717) is 13.1 Å². The van der Waals surface area contributed by atoms with Crippen LogP contribution in [-0.2, 0) is 6.54 Å². The van der Waals surface area contributed by atoms with Gasteiger partial charge in [0, 0.05) is 19.6 Å². The minimum absolute atomic E-state index is 0.0404. The quantitative estimate of drug-likeness (QED) is 0.734. The molecule has 3 heterocycles. The molecule has 0 unspecified atom stereocenters. The Bertz CT molecular complexity index is 964. The van der Waals surface area contributed by atoms with E-state index in [9.17, 15) is 9.18 Å². The highest BCUT2D eigenvalue weighted by Crippen LogP contribution is 2.25. The number of rotatable bonds is 5. The van der Waals surface area contributed by atoms with E-state index >= 15 is 0 Å². The fraction of sp³-hybridized carbons (Fsp3) is 0.400. The first kappa shape index (κ1) is 18.3. The van der Waals surface area contributed by atoms with Crippen molar-refractivity contribution < 1.29 is 9.18 Å². The van der Waals surface area contributed by atoms with Crippen LogP contribution in [0.25, 0.3) is 11.0 Å². The second-order valence-corrected chi connectivity index (χ2v) is 6.94. The van der Waals surface area contributed by atoms with Crippen LogP contribution in [0.1, 0.15) is 36.0 Å². The highest BCUT2D eigenvalue weighted by Gasteiger charge is 2.17. The maximum absolute atomic E-state index is 13.7. The van der Waals surface area contributed by atoms with Crippen molar-refractivity contribution >= 4 is 22.8 Å². The van der Waals surface area contributed by atoms with Crippen LogP contribution in [0.5, 0.6) is 0 Å². The monoisotopic (exact) mass is 382 g/mol. The fourth-order valence-corrected chi connectivity index (χ4v) is 3.59. The van der Waals surface area contributed by atoms with Gasteiger partial charge in [0.25, 0.3) is 5.91 Å². The predicted molar refractivity (Wildman–Crippen MR) is 105 cm³/mol. The van der Waals surface area contributed by atoms with Crippen molar-refractivity contribution in [1.29, 1.82) is 0 Å². The molecule has 3 aromatic rings. The summed E-state index contributed by atoms with van der Waals surface area (Å²) in [6.07, 6.45) is 8.20. The molecule has 1 amide bonds. The molecule has 2 aromatic heterocycles. The molecule has 0 saturated carbocycles. The Labute approximate surface area is 162 Å². The number of amides is 1. The largest absolute Gasteiger partial charge is 0.356 e. The Morgan fingerprint density at radius 3 is 2.68 bits per heavy atom. The van der Waals surface area contributed by atoms with Crippen LogP contribution < -0.4 is 10.2 Å². The number of nitrogens with zero attached hydrogens (tertiary/aromatic N) is 5. The minimum Gasteiger partial charge on any atom is -0.356 e. The summed E-state index contributed by atoms with van der Waals surface area (Å²) < 4.78 is 15.4. The van der Waals surface area contributed by atoms with E-state index in [2.05, 4.69) is 25.3 Å². The van der Waals surface area contributed by atoms with Gasteiger partial charge in [-0.25, -0.2) is 19.0 Å². The maximum atomic E-state index is 13.7. The zero-order valence-corrected chi connectivity index (χ0v) is 15.6. The summed E-state index contributed by atoms with van der Waals surface area (Å²) in [6.45, 7) is 2.76. The lowest BCUT2D eigenvalue weighted by atomic mass is 10.2. The summed E-state index contributed by atoms with van der Waals surface area (Å²) in [7, 11) is 0. The highest BCUT2D eigenvalue weighted by molar-refractivity contribution is 5.94. The topological polar surface area (TPSA) is 75.9 Å². The summed E-state index contributed by atoms with van der Waals surface area (Å²) in [6, 6.07) is 5.94. The van der Waals surface area contributed by atoms with E-state index in [1.54, 1.807) is 29.3 Å². The molecule has 1 aliphatic rings. The molecular formula is C20H23FN6O. The number of hydrogen-bond donors (Lipinski definition) is 1. The number of halogens is 1. The van der Waals surface area contributed by atoms with Crippen molar-refractivity contribution in [3.8, 4) is 0 Å². The zero-order chi connectivity index (χ0) is 19.3. The molecular weight excluding hydrogens is 359 g/mol. The number of nitrogens with one attached hydrogen (secondary N) is 1. The predicted octanol–water partition coefficient (Wildman–Crippen LogP) is 2.78. The molecule has 0 bridgehead atoms. The number of carbonyl (C=O) groups is 1. The van der Waals surface area contributed by atoms with Gasteiger partial charge in [-0.15, -0.1) is 0 Å². The first-order valence-electron chi connectivity index (χ1n) is 9.68. The Balaban J connectivity index is 1.45. The summed E-state index contributed by atoms with van der Waals surface area (Å²) in [5, 5.41) is 8.08. The molecule has 1 fully saturated rings. The van der Waals surface area contributed by atoms with Gasteiger partial charge in [0.2, 0.25) is 0 Å². The van der Waals surface area contributed by atoms with Gasteiger partial charge in [-0.2, -0.15) is 5.10 Å². The second kappa shape index (κ2) is 8.33. The molecule has 8 heteroatoms. The third kappa shape index (κ3) is 3.81. The van der Waals surface area contributed by atoms with E-state index in [1.807, 2.05) is 0 Å². The van der Waals surface area contributed by atoms with Gasteiger partial charge in [0.05, 0.1) is 23.7 Å². The summed E-state index contributed by atoms with van der Waals surface area (Å²) >= 11 is 0. The third-order valence-electron chi connectivity index (χ3n) is 5.05.